The van der Waals surface area contributed by atoms with Gasteiger partial charge in [0.25, 0.3) is 0 Å². The summed E-state index contributed by atoms with van der Waals surface area (Å²) in [5, 5.41) is 3.39. The monoisotopic (exact) mass is 219 g/mol. The predicted octanol–water partition coefficient (Wildman–Crippen LogP) is 2.03. The summed E-state index contributed by atoms with van der Waals surface area (Å²) in [6.07, 6.45) is 2.38. The molecule has 1 N–H and O–H groups in total. The van der Waals surface area contributed by atoms with Crippen molar-refractivity contribution in [2.45, 2.75) is 25.8 Å². The minimum Gasteiger partial charge on any atom is -0.380 e. The highest BCUT2D eigenvalue weighted by molar-refractivity contribution is 5.32. The van der Waals surface area contributed by atoms with Gasteiger partial charge in [0.05, 0.1) is 6.61 Å². The van der Waals surface area contributed by atoms with Crippen molar-refractivity contribution >= 4 is 0 Å². The van der Waals surface area contributed by atoms with Crippen LogP contribution in [0.2, 0.25) is 0 Å². The number of likely N-dealkylation sites (N-methyl/N-ethyl adjacent to an activating group) is 1. The maximum atomic E-state index is 5.54. The van der Waals surface area contributed by atoms with Crippen molar-refractivity contribution in [3.63, 3.8) is 0 Å². The summed E-state index contributed by atoms with van der Waals surface area (Å²) >= 11 is 0. The van der Waals surface area contributed by atoms with Crippen LogP contribution < -0.4 is 5.32 Å². The van der Waals surface area contributed by atoms with Gasteiger partial charge in [0.15, 0.2) is 0 Å². The van der Waals surface area contributed by atoms with Crippen LogP contribution in [0, 0.1) is 5.92 Å². The molecule has 0 saturated carbocycles. The Labute approximate surface area is 98.0 Å². The number of fused-ring (bicyclic) bond motifs is 1. The lowest BCUT2D eigenvalue weighted by Crippen LogP contribution is -2.38. The highest BCUT2D eigenvalue weighted by Crippen LogP contribution is 2.28. The third-order valence-corrected chi connectivity index (χ3v) is 3.52. The zero-order valence-electron chi connectivity index (χ0n) is 10.2. The normalized spacial score (nSPS) is 17.4. The lowest BCUT2D eigenvalue weighted by Gasteiger charge is -2.22. The molecule has 0 radical (unpaired) electrons. The van der Waals surface area contributed by atoms with E-state index in [4.69, 9.17) is 4.74 Å². The summed E-state index contributed by atoms with van der Waals surface area (Å²) in [5.74, 6) is 0.689. The van der Waals surface area contributed by atoms with Crippen molar-refractivity contribution in [2.24, 2.45) is 5.92 Å². The van der Waals surface area contributed by atoms with Crippen LogP contribution in [0.5, 0.6) is 0 Å². The summed E-state index contributed by atoms with van der Waals surface area (Å²) in [4.78, 5) is 0. The second kappa shape index (κ2) is 5.46. The van der Waals surface area contributed by atoms with Crippen LogP contribution in [0.3, 0.4) is 0 Å². The van der Waals surface area contributed by atoms with E-state index in [-0.39, 0.29) is 0 Å². The first-order valence-corrected chi connectivity index (χ1v) is 6.17. The third kappa shape index (κ3) is 2.45. The molecular formula is C14H21NO. The molecule has 16 heavy (non-hydrogen) atoms. The topological polar surface area (TPSA) is 21.3 Å². The molecular weight excluding hydrogens is 198 g/mol. The maximum Gasteiger partial charge on any atom is 0.0622 e. The molecule has 0 aromatic heterocycles. The zero-order valence-corrected chi connectivity index (χ0v) is 10.2. The van der Waals surface area contributed by atoms with Crippen molar-refractivity contribution in [3.8, 4) is 0 Å². The Bertz CT molecular complexity index is 312. The molecule has 0 spiro atoms. The molecule has 0 bridgehead atoms. The van der Waals surface area contributed by atoms with Crippen molar-refractivity contribution in [1.82, 2.24) is 5.32 Å². The average molecular weight is 219 g/mol. The number of hydrogen-bond acceptors (Lipinski definition) is 2. The van der Waals surface area contributed by atoms with Gasteiger partial charge in [0, 0.05) is 12.6 Å². The lowest BCUT2D eigenvalue weighted by atomic mass is 9.97. The Kier molecular flexibility index (Phi) is 3.97. The Morgan fingerprint density at radius 1 is 1.31 bits per heavy atom. The molecule has 0 saturated heterocycles. The van der Waals surface area contributed by atoms with Gasteiger partial charge in [-0.05, 0) is 43.9 Å². The van der Waals surface area contributed by atoms with Gasteiger partial charge in [-0.1, -0.05) is 24.3 Å². The fourth-order valence-electron chi connectivity index (χ4n) is 2.58. The number of hydrogen-bond donors (Lipinski definition) is 1. The maximum absolute atomic E-state index is 5.54. The van der Waals surface area contributed by atoms with Crippen LogP contribution in [-0.2, 0) is 17.6 Å². The number of rotatable bonds is 5. The van der Waals surface area contributed by atoms with E-state index in [0.29, 0.717) is 12.0 Å². The standard InChI is InChI=1S/C14H21NO/c1-3-16-10-14(15-2)13-8-11-6-4-5-7-12(11)9-13/h4-7,13-15H,3,8-10H2,1-2H3. The molecule has 0 aliphatic heterocycles. The van der Waals surface area contributed by atoms with Crippen LogP contribution in [-0.4, -0.2) is 26.3 Å². The first-order valence-electron chi connectivity index (χ1n) is 6.17. The van der Waals surface area contributed by atoms with E-state index in [2.05, 4.69) is 36.5 Å². The average Bonchev–Trinajstić information content (AvgIpc) is 2.73. The molecule has 1 aromatic carbocycles. The van der Waals surface area contributed by atoms with Crippen LogP contribution >= 0.6 is 0 Å². The second-order valence-electron chi connectivity index (χ2n) is 4.49. The molecule has 2 heteroatoms. The number of ether oxygens (including phenoxy) is 1. The summed E-state index contributed by atoms with van der Waals surface area (Å²) in [5.41, 5.74) is 3.04. The quantitative estimate of drug-likeness (QED) is 0.818. The molecule has 0 fully saturated rings. The minimum atomic E-state index is 0.479. The number of nitrogens with one attached hydrogen (secondary N) is 1. The molecule has 1 aliphatic carbocycles. The Morgan fingerprint density at radius 3 is 2.44 bits per heavy atom. The van der Waals surface area contributed by atoms with E-state index in [1.165, 1.54) is 24.0 Å². The molecule has 88 valence electrons. The molecule has 1 unspecified atom stereocenters. The smallest absolute Gasteiger partial charge is 0.0622 e. The molecule has 2 nitrogen and oxygen atoms in total. The van der Waals surface area contributed by atoms with E-state index < -0.39 is 0 Å². The van der Waals surface area contributed by atoms with Gasteiger partial charge in [-0.25, -0.2) is 0 Å². The minimum absolute atomic E-state index is 0.479. The van der Waals surface area contributed by atoms with E-state index in [1.54, 1.807) is 0 Å². The van der Waals surface area contributed by atoms with E-state index in [1.807, 2.05) is 7.05 Å². The van der Waals surface area contributed by atoms with Gasteiger partial charge in [-0.15, -0.1) is 0 Å². The van der Waals surface area contributed by atoms with Crippen molar-refractivity contribution < 1.29 is 4.74 Å². The van der Waals surface area contributed by atoms with Gasteiger partial charge in [-0.2, -0.15) is 0 Å². The van der Waals surface area contributed by atoms with Gasteiger partial charge in [0.1, 0.15) is 0 Å². The summed E-state index contributed by atoms with van der Waals surface area (Å²) in [6, 6.07) is 9.26. The molecule has 1 aliphatic rings. The first-order chi connectivity index (χ1) is 7.85. The second-order valence-corrected chi connectivity index (χ2v) is 4.49. The van der Waals surface area contributed by atoms with Crippen LogP contribution in [0.15, 0.2) is 24.3 Å². The molecule has 1 atom stereocenters. The number of benzene rings is 1. The Balaban J connectivity index is 1.98. The van der Waals surface area contributed by atoms with Crippen LogP contribution in [0.25, 0.3) is 0 Å². The lowest BCUT2D eigenvalue weighted by molar-refractivity contribution is 0.107. The largest absolute Gasteiger partial charge is 0.380 e. The van der Waals surface area contributed by atoms with Gasteiger partial charge < -0.3 is 10.1 Å². The van der Waals surface area contributed by atoms with Crippen molar-refractivity contribution in [1.29, 1.82) is 0 Å². The van der Waals surface area contributed by atoms with Crippen molar-refractivity contribution in [3.05, 3.63) is 35.4 Å². The third-order valence-electron chi connectivity index (χ3n) is 3.52. The molecule has 0 amide bonds. The zero-order chi connectivity index (χ0) is 11.4. The van der Waals surface area contributed by atoms with E-state index in [9.17, 15) is 0 Å². The van der Waals surface area contributed by atoms with Crippen molar-refractivity contribution in [2.75, 3.05) is 20.3 Å². The highest BCUT2D eigenvalue weighted by Gasteiger charge is 2.27. The fourth-order valence-corrected chi connectivity index (χ4v) is 2.58. The highest BCUT2D eigenvalue weighted by atomic mass is 16.5. The van der Waals surface area contributed by atoms with E-state index >= 15 is 0 Å². The van der Waals surface area contributed by atoms with Gasteiger partial charge >= 0.3 is 0 Å². The molecule has 2 rings (SSSR count). The summed E-state index contributed by atoms with van der Waals surface area (Å²) in [7, 11) is 2.03. The summed E-state index contributed by atoms with van der Waals surface area (Å²) < 4.78 is 5.54. The van der Waals surface area contributed by atoms with Crippen LogP contribution in [0.4, 0.5) is 0 Å². The Morgan fingerprint density at radius 2 is 1.94 bits per heavy atom. The molecule has 0 heterocycles. The summed E-state index contributed by atoms with van der Waals surface area (Å²) in [6.45, 7) is 3.68. The molecule has 1 aromatic rings. The van der Waals surface area contributed by atoms with E-state index in [0.717, 1.165) is 13.2 Å². The van der Waals surface area contributed by atoms with Gasteiger partial charge in [0.2, 0.25) is 0 Å². The predicted molar refractivity (Wildman–Crippen MR) is 66.7 cm³/mol. The Hall–Kier alpha value is -0.860. The SMILES string of the molecule is CCOCC(NC)C1Cc2ccccc2C1. The van der Waals surface area contributed by atoms with Gasteiger partial charge in [-0.3, -0.25) is 0 Å². The first kappa shape index (κ1) is 11.6. The fraction of sp³-hybridized carbons (Fsp3) is 0.571. The van der Waals surface area contributed by atoms with Crippen LogP contribution in [0.1, 0.15) is 18.1 Å².